The zero-order valence-electron chi connectivity index (χ0n) is 8.07. The highest BCUT2D eigenvalue weighted by Crippen LogP contribution is 2.26. The summed E-state index contributed by atoms with van der Waals surface area (Å²) < 4.78 is 5.01. The molecule has 0 unspecified atom stereocenters. The van der Waals surface area contributed by atoms with Crippen LogP contribution >= 0.6 is 11.6 Å². The van der Waals surface area contributed by atoms with Gasteiger partial charge in [0.15, 0.2) is 0 Å². The average Bonchev–Trinajstić information content (AvgIpc) is 2.16. The first kappa shape index (κ1) is 11.2. The molecular formula is C9H13ClN2O2. The van der Waals surface area contributed by atoms with E-state index in [0.29, 0.717) is 16.5 Å². The number of hydrogen-bond donors (Lipinski definition) is 2. The van der Waals surface area contributed by atoms with Crippen molar-refractivity contribution in [1.29, 1.82) is 0 Å². The second kappa shape index (κ2) is 4.59. The van der Waals surface area contributed by atoms with Crippen LogP contribution in [0, 0.1) is 0 Å². The molecule has 1 aromatic rings. The molecule has 2 atom stereocenters. The van der Waals surface area contributed by atoms with Crippen LogP contribution in [-0.2, 0) is 0 Å². The Kier molecular flexibility index (Phi) is 3.69. The minimum atomic E-state index is -0.677. The van der Waals surface area contributed by atoms with Crippen LogP contribution in [-0.4, -0.2) is 23.3 Å². The molecule has 0 aliphatic heterocycles. The summed E-state index contributed by atoms with van der Waals surface area (Å²) in [6.45, 7) is 1.60. The molecule has 4 nitrogen and oxygen atoms in total. The van der Waals surface area contributed by atoms with Crippen LogP contribution in [0.25, 0.3) is 0 Å². The molecule has 0 aliphatic rings. The number of nitrogens with zero attached hydrogens (tertiary/aromatic N) is 1. The molecule has 0 aliphatic carbocycles. The van der Waals surface area contributed by atoms with E-state index in [1.54, 1.807) is 13.0 Å². The third-order valence-electron chi connectivity index (χ3n) is 1.92. The number of pyridine rings is 1. The predicted octanol–water partition coefficient (Wildman–Crippen LogP) is 1.12. The Morgan fingerprint density at radius 2 is 2.29 bits per heavy atom. The van der Waals surface area contributed by atoms with Gasteiger partial charge in [0.2, 0.25) is 5.88 Å². The first-order valence-electron chi connectivity index (χ1n) is 4.19. The average molecular weight is 217 g/mol. The van der Waals surface area contributed by atoms with Gasteiger partial charge in [-0.25, -0.2) is 4.98 Å². The van der Waals surface area contributed by atoms with Crippen LogP contribution in [0.3, 0.4) is 0 Å². The van der Waals surface area contributed by atoms with E-state index in [0.717, 1.165) is 0 Å². The smallest absolute Gasteiger partial charge is 0.218 e. The minimum absolute atomic E-state index is 0.391. The number of aliphatic hydroxyl groups is 1. The van der Waals surface area contributed by atoms with E-state index in [1.807, 2.05) is 0 Å². The zero-order valence-corrected chi connectivity index (χ0v) is 8.82. The summed E-state index contributed by atoms with van der Waals surface area (Å²) in [5, 5.41) is 9.80. The molecule has 5 heteroatoms. The van der Waals surface area contributed by atoms with Crippen molar-refractivity contribution < 1.29 is 9.84 Å². The van der Waals surface area contributed by atoms with E-state index < -0.39 is 12.1 Å². The van der Waals surface area contributed by atoms with Crippen molar-refractivity contribution in [2.24, 2.45) is 5.73 Å². The summed E-state index contributed by atoms with van der Waals surface area (Å²) in [5.74, 6) is 0.391. The SMILES string of the molecule is COc1ncc(Cl)cc1[C@H](N)[C@H](C)O. The largest absolute Gasteiger partial charge is 0.481 e. The van der Waals surface area contributed by atoms with E-state index in [2.05, 4.69) is 4.98 Å². The van der Waals surface area contributed by atoms with Crippen LogP contribution in [0.4, 0.5) is 0 Å². The summed E-state index contributed by atoms with van der Waals surface area (Å²) in [6.07, 6.45) is 0.794. The molecule has 0 amide bonds. The van der Waals surface area contributed by atoms with Gasteiger partial charge >= 0.3 is 0 Å². The van der Waals surface area contributed by atoms with E-state index in [1.165, 1.54) is 13.3 Å². The van der Waals surface area contributed by atoms with Crippen molar-refractivity contribution in [3.8, 4) is 5.88 Å². The van der Waals surface area contributed by atoms with Crippen LogP contribution in [0.5, 0.6) is 5.88 Å². The predicted molar refractivity (Wildman–Crippen MR) is 54.4 cm³/mol. The third-order valence-corrected chi connectivity index (χ3v) is 2.12. The van der Waals surface area contributed by atoms with Gasteiger partial charge in [0.05, 0.1) is 24.3 Å². The van der Waals surface area contributed by atoms with Gasteiger partial charge in [0, 0.05) is 11.8 Å². The molecule has 0 saturated carbocycles. The lowest BCUT2D eigenvalue weighted by molar-refractivity contribution is 0.162. The number of aromatic nitrogens is 1. The van der Waals surface area contributed by atoms with Gasteiger partial charge in [-0.3, -0.25) is 0 Å². The Bertz CT molecular complexity index is 318. The molecule has 0 radical (unpaired) electrons. The van der Waals surface area contributed by atoms with Crippen molar-refractivity contribution in [1.82, 2.24) is 4.98 Å². The van der Waals surface area contributed by atoms with Crippen molar-refractivity contribution in [2.75, 3.05) is 7.11 Å². The summed E-state index contributed by atoms with van der Waals surface area (Å²) >= 11 is 5.77. The molecule has 0 fully saturated rings. The molecule has 0 aromatic carbocycles. The summed E-state index contributed by atoms with van der Waals surface area (Å²) in [4.78, 5) is 3.95. The van der Waals surface area contributed by atoms with Gasteiger partial charge in [-0.05, 0) is 13.0 Å². The van der Waals surface area contributed by atoms with Crippen LogP contribution in [0.1, 0.15) is 18.5 Å². The van der Waals surface area contributed by atoms with Gasteiger partial charge in [-0.2, -0.15) is 0 Å². The maximum Gasteiger partial charge on any atom is 0.218 e. The van der Waals surface area contributed by atoms with Crippen molar-refractivity contribution in [2.45, 2.75) is 19.1 Å². The first-order chi connectivity index (χ1) is 6.56. The van der Waals surface area contributed by atoms with E-state index in [9.17, 15) is 5.11 Å². The van der Waals surface area contributed by atoms with Gasteiger partial charge in [0.1, 0.15) is 0 Å². The molecular weight excluding hydrogens is 204 g/mol. The van der Waals surface area contributed by atoms with Crippen molar-refractivity contribution in [3.63, 3.8) is 0 Å². The molecule has 1 rings (SSSR count). The molecule has 3 N–H and O–H groups in total. The number of halogens is 1. The number of aliphatic hydroxyl groups excluding tert-OH is 1. The molecule has 0 saturated heterocycles. The lowest BCUT2D eigenvalue weighted by atomic mass is 10.1. The van der Waals surface area contributed by atoms with Crippen LogP contribution in [0.15, 0.2) is 12.3 Å². The van der Waals surface area contributed by atoms with Gasteiger partial charge in [-0.15, -0.1) is 0 Å². The van der Waals surface area contributed by atoms with E-state index >= 15 is 0 Å². The Morgan fingerprint density at radius 3 is 2.79 bits per heavy atom. The lowest BCUT2D eigenvalue weighted by Crippen LogP contribution is -2.24. The Morgan fingerprint density at radius 1 is 1.64 bits per heavy atom. The quantitative estimate of drug-likeness (QED) is 0.795. The van der Waals surface area contributed by atoms with Gasteiger partial charge in [0.25, 0.3) is 0 Å². The number of hydrogen-bond acceptors (Lipinski definition) is 4. The number of rotatable bonds is 3. The highest BCUT2D eigenvalue weighted by atomic mass is 35.5. The van der Waals surface area contributed by atoms with Crippen LogP contribution in [0.2, 0.25) is 5.02 Å². The highest BCUT2D eigenvalue weighted by Gasteiger charge is 2.17. The first-order valence-corrected chi connectivity index (χ1v) is 4.57. The Balaban J connectivity index is 3.10. The number of nitrogens with two attached hydrogens (primary N) is 1. The summed E-state index contributed by atoms with van der Waals surface area (Å²) in [6, 6.07) is 1.10. The second-order valence-electron chi connectivity index (χ2n) is 3.02. The standard InChI is InChI=1S/C9H13ClN2O2/c1-5(13)8(11)7-3-6(10)4-12-9(7)14-2/h3-5,8,13H,11H2,1-2H3/t5-,8+/m0/s1. The minimum Gasteiger partial charge on any atom is -0.481 e. The molecule has 14 heavy (non-hydrogen) atoms. The van der Waals surface area contributed by atoms with E-state index in [4.69, 9.17) is 22.1 Å². The zero-order chi connectivity index (χ0) is 10.7. The maximum atomic E-state index is 9.33. The third kappa shape index (κ3) is 2.35. The van der Waals surface area contributed by atoms with Crippen LogP contribution < -0.4 is 10.5 Å². The molecule has 0 spiro atoms. The van der Waals surface area contributed by atoms with E-state index in [-0.39, 0.29) is 0 Å². The fraction of sp³-hybridized carbons (Fsp3) is 0.444. The molecule has 1 heterocycles. The highest BCUT2D eigenvalue weighted by molar-refractivity contribution is 6.30. The normalized spacial score (nSPS) is 14.9. The molecule has 78 valence electrons. The molecule has 1 aromatic heterocycles. The lowest BCUT2D eigenvalue weighted by Gasteiger charge is -2.17. The Labute approximate surface area is 87.7 Å². The topological polar surface area (TPSA) is 68.4 Å². The number of methoxy groups -OCH3 is 1. The Hall–Kier alpha value is -0.840. The fourth-order valence-corrected chi connectivity index (χ4v) is 1.28. The van der Waals surface area contributed by atoms with Gasteiger partial charge in [-0.1, -0.05) is 11.6 Å². The monoisotopic (exact) mass is 216 g/mol. The molecule has 0 bridgehead atoms. The van der Waals surface area contributed by atoms with Gasteiger partial charge < -0.3 is 15.6 Å². The summed E-state index contributed by atoms with van der Waals surface area (Å²) in [7, 11) is 1.49. The second-order valence-corrected chi connectivity index (χ2v) is 3.45. The number of ether oxygens (including phenoxy) is 1. The summed E-state index contributed by atoms with van der Waals surface area (Å²) in [5.41, 5.74) is 6.36. The maximum absolute atomic E-state index is 9.33. The van der Waals surface area contributed by atoms with Crippen molar-refractivity contribution >= 4 is 11.6 Å². The van der Waals surface area contributed by atoms with Crippen molar-refractivity contribution in [3.05, 3.63) is 22.8 Å². The fourth-order valence-electron chi connectivity index (χ4n) is 1.11.